The van der Waals surface area contributed by atoms with E-state index in [0.29, 0.717) is 45.0 Å². The highest BCUT2D eigenvalue weighted by Gasteiger charge is 2.41. The van der Waals surface area contributed by atoms with E-state index in [2.05, 4.69) is 69.1 Å². The number of amides is 4. The molecule has 0 saturated carbocycles. The smallest absolute Gasteiger partial charge is 0.407 e. The third-order valence-electron chi connectivity index (χ3n) is 11.7. The molecule has 3 aliphatic heterocycles. The predicted octanol–water partition coefficient (Wildman–Crippen LogP) is 6.54. The second-order valence-corrected chi connectivity index (χ2v) is 16.8. The van der Waals surface area contributed by atoms with Crippen LogP contribution < -0.4 is 10.6 Å². The number of fused-ring (bicyclic) bond motifs is 3. The van der Waals surface area contributed by atoms with Crippen molar-refractivity contribution in [3.63, 3.8) is 0 Å². The minimum Gasteiger partial charge on any atom is -0.453 e. The number of likely N-dealkylation sites (tertiary alicyclic amines) is 1. The van der Waals surface area contributed by atoms with Gasteiger partial charge in [-0.15, -0.1) is 11.8 Å². The van der Waals surface area contributed by atoms with E-state index >= 15 is 0 Å². The summed E-state index contributed by atoms with van der Waals surface area (Å²) in [5, 5.41) is 7.29. The molecule has 4 N–H and O–H groups in total. The summed E-state index contributed by atoms with van der Waals surface area (Å²) >= 11 is 1.65. The van der Waals surface area contributed by atoms with E-state index in [1.54, 1.807) is 16.7 Å². The summed E-state index contributed by atoms with van der Waals surface area (Å²) < 4.78 is 15.2. The maximum atomic E-state index is 14.0. The zero-order chi connectivity index (χ0) is 41.2. The van der Waals surface area contributed by atoms with Gasteiger partial charge in [0.05, 0.1) is 43.2 Å². The van der Waals surface area contributed by atoms with Crippen molar-refractivity contribution in [2.24, 2.45) is 11.8 Å². The van der Waals surface area contributed by atoms with E-state index in [9.17, 15) is 19.2 Å². The number of carbonyl (C=O) groups is 4. The number of benzene rings is 3. The van der Waals surface area contributed by atoms with Gasteiger partial charge < -0.3 is 44.6 Å². The van der Waals surface area contributed by atoms with Crippen LogP contribution in [0.1, 0.15) is 62.6 Å². The molecule has 3 aromatic carbocycles. The maximum Gasteiger partial charge on any atom is 0.407 e. The zero-order valence-corrected chi connectivity index (χ0v) is 34.5. The lowest BCUT2D eigenvalue weighted by Gasteiger charge is -2.34. The van der Waals surface area contributed by atoms with Gasteiger partial charge in [-0.05, 0) is 71.7 Å². The first kappa shape index (κ1) is 40.2. The molecule has 15 nitrogen and oxygen atoms in total. The van der Waals surface area contributed by atoms with Crippen molar-refractivity contribution in [3.05, 3.63) is 72.4 Å². The second-order valence-electron chi connectivity index (χ2n) is 15.6. The van der Waals surface area contributed by atoms with Gasteiger partial charge in [-0.1, -0.05) is 56.3 Å². The molecule has 5 aromatic rings. The average Bonchev–Trinajstić information content (AvgIpc) is 4.10. The minimum atomic E-state index is -0.710. The summed E-state index contributed by atoms with van der Waals surface area (Å²) in [6.07, 6.45) is 3.57. The number of H-pyrrole nitrogens is 2. The SMILES string of the molecule is COC(=O)N[C@H](C(=O)N1CCS[C@H]1c1nc2ccc3cc(-c4ccc(-c5cnc([C@@H]6CCCN6C(=O)[C@@H](NC(=O)OC)C6CCOCC6)[nH]5)cc4)ccc3c2[nH]1)C(C)C. The fourth-order valence-electron chi connectivity index (χ4n) is 8.53. The van der Waals surface area contributed by atoms with Gasteiger partial charge in [-0.3, -0.25) is 9.59 Å². The fourth-order valence-corrected chi connectivity index (χ4v) is 9.71. The summed E-state index contributed by atoms with van der Waals surface area (Å²) in [6, 6.07) is 17.1. The highest BCUT2D eigenvalue weighted by molar-refractivity contribution is 7.99. The molecular weight excluding hydrogens is 773 g/mol. The van der Waals surface area contributed by atoms with Crippen LogP contribution in [0.15, 0.2) is 60.8 Å². The Balaban J connectivity index is 0.974. The number of ether oxygens (including phenoxy) is 3. The molecule has 3 saturated heterocycles. The summed E-state index contributed by atoms with van der Waals surface area (Å²) in [6.45, 7) is 6.06. The molecule has 4 atom stereocenters. The Kier molecular flexibility index (Phi) is 11.8. The molecular formula is C43H50N8O7S. The molecule has 16 heteroatoms. The lowest BCUT2D eigenvalue weighted by atomic mass is 9.90. The Bertz CT molecular complexity index is 2340. The van der Waals surface area contributed by atoms with E-state index in [1.807, 2.05) is 31.0 Å². The maximum absolute atomic E-state index is 14.0. The number of carbonyl (C=O) groups excluding carboxylic acids is 4. The monoisotopic (exact) mass is 822 g/mol. The highest BCUT2D eigenvalue weighted by atomic mass is 32.2. The molecule has 3 fully saturated rings. The zero-order valence-electron chi connectivity index (χ0n) is 33.7. The third-order valence-corrected chi connectivity index (χ3v) is 12.9. The molecule has 3 aliphatic rings. The number of methoxy groups -OCH3 is 2. The van der Waals surface area contributed by atoms with Crippen molar-refractivity contribution in [1.82, 2.24) is 40.4 Å². The van der Waals surface area contributed by atoms with E-state index in [4.69, 9.17) is 24.2 Å². The Morgan fingerprint density at radius 3 is 2.31 bits per heavy atom. The molecule has 5 heterocycles. The van der Waals surface area contributed by atoms with Crippen LogP contribution in [0.25, 0.3) is 44.2 Å². The summed E-state index contributed by atoms with van der Waals surface area (Å²) in [4.78, 5) is 72.3. The van der Waals surface area contributed by atoms with Crippen molar-refractivity contribution in [2.45, 2.75) is 63.0 Å². The number of alkyl carbamates (subject to hydrolysis) is 2. The first-order valence-corrected chi connectivity index (χ1v) is 21.3. The molecule has 0 aliphatic carbocycles. The van der Waals surface area contributed by atoms with E-state index in [-0.39, 0.29) is 35.1 Å². The van der Waals surface area contributed by atoms with Gasteiger partial charge in [0.1, 0.15) is 29.1 Å². The van der Waals surface area contributed by atoms with Crippen molar-refractivity contribution in [2.75, 3.05) is 46.3 Å². The molecule has 310 valence electrons. The number of nitrogens with zero attached hydrogens (tertiary/aromatic N) is 4. The normalized spacial score (nSPS) is 19.6. The average molecular weight is 823 g/mol. The van der Waals surface area contributed by atoms with Gasteiger partial charge in [-0.25, -0.2) is 19.6 Å². The number of hydrogen-bond donors (Lipinski definition) is 4. The quantitative estimate of drug-likeness (QED) is 0.121. The molecule has 0 bridgehead atoms. The minimum absolute atomic E-state index is 0.0297. The number of nitrogens with one attached hydrogen (secondary N) is 4. The van der Waals surface area contributed by atoms with Crippen LogP contribution in [-0.4, -0.2) is 112 Å². The number of aromatic nitrogens is 4. The van der Waals surface area contributed by atoms with Crippen molar-refractivity contribution in [1.29, 1.82) is 0 Å². The number of hydrogen-bond acceptors (Lipinski definition) is 10. The first-order chi connectivity index (χ1) is 28.6. The van der Waals surface area contributed by atoms with Crippen molar-refractivity contribution < 1.29 is 33.4 Å². The van der Waals surface area contributed by atoms with Crippen LogP contribution in [0.3, 0.4) is 0 Å². The molecule has 0 radical (unpaired) electrons. The largest absolute Gasteiger partial charge is 0.453 e. The Morgan fingerprint density at radius 1 is 0.831 bits per heavy atom. The predicted molar refractivity (Wildman–Crippen MR) is 224 cm³/mol. The lowest BCUT2D eigenvalue weighted by molar-refractivity contribution is -0.137. The van der Waals surface area contributed by atoms with Gasteiger partial charge >= 0.3 is 12.2 Å². The van der Waals surface area contributed by atoms with Crippen LogP contribution in [0, 0.1) is 11.8 Å². The topological polar surface area (TPSA) is 184 Å². The number of rotatable bonds is 10. The summed E-state index contributed by atoms with van der Waals surface area (Å²) in [5.41, 5.74) is 5.68. The molecule has 0 unspecified atom stereocenters. The van der Waals surface area contributed by atoms with E-state index in [0.717, 1.165) is 68.6 Å². The summed E-state index contributed by atoms with van der Waals surface area (Å²) in [7, 11) is 2.60. The van der Waals surface area contributed by atoms with Crippen molar-refractivity contribution >= 4 is 57.6 Å². The van der Waals surface area contributed by atoms with Crippen LogP contribution in [0.2, 0.25) is 0 Å². The van der Waals surface area contributed by atoms with Gasteiger partial charge in [0, 0.05) is 37.4 Å². The Hall–Kier alpha value is -5.61. The second kappa shape index (κ2) is 17.3. The van der Waals surface area contributed by atoms with Gasteiger partial charge in [0.2, 0.25) is 11.8 Å². The van der Waals surface area contributed by atoms with Crippen molar-refractivity contribution in [3.8, 4) is 22.4 Å². The number of thioether (sulfide) groups is 1. The molecule has 59 heavy (non-hydrogen) atoms. The number of aromatic amines is 2. The molecule has 2 aromatic heterocycles. The van der Waals surface area contributed by atoms with E-state index < -0.39 is 24.3 Å². The van der Waals surface area contributed by atoms with Crippen LogP contribution in [-0.2, 0) is 23.8 Å². The Labute approximate surface area is 346 Å². The molecule has 0 spiro atoms. The van der Waals surface area contributed by atoms with E-state index in [1.165, 1.54) is 14.2 Å². The van der Waals surface area contributed by atoms with Crippen LogP contribution in [0.4, 0.5) is 9.59 Å². The fraction of sp³-hybridized carbons (Fsp3) is 0.442. The standard InChI is InChI=1S/C43H50N8O7S/c1-24(2)34(48-42(54)56-3)39(52)51-18-21-59-41(51)38-45-31-14-12-29-22-28(11-13-30(29)36(31)47-38)25-7-9-26(10-8-25)32-23-44-37(46-32)33-6-5-17-50(33)40(53)35(49-43(55)57-4)27-15-19-58-20-16-27/h7-14,22-24,27,33-35,41H,5-6,15-21H2,1-4H3,(H,44,46)(H,45,47)(H,48,54)(H,49,55)/t33-,34-,35-,41-/m0/s1. The summed E-state index contributed by atoms with van der Waals surface area (Å²) in [5.74, 6) is 1.76. The van der Waals surface area contributed by atoms with Gasteiger partial charge in [-0.2, -0.15) is 0 Å². The highest BCUT2D eigenvalue weighted by Crippen LogP contribution is 2.40. The van der Waals surface area contributed by atoms with Crippen LogP contribution in [0.5, 0.6) is 0 Å². The molecule has 4 amide bonds. The molecule has 8 rings (SSSR count). The Morgan fingerprint density at radius 2 is 1.56 bits per heavy atom. The first-order valence-electron chi connectivity index (χ1n) is 20.2. The lowest BCUT2D eigenvalue weighted by Crippen LogP contribution is -2.53. The van der Waals surface area contributed by atoms with Crippen LogP contribution >= 0.6 is 11.8 Å². The number of imidazole rings is 2. The van der Waals surface area contributed by atoms with Gasteiger partial charge in [0.25, 0.3) is 0 Å². The third kappa shape index (κ3) is 8.20. The van der Waals surface area contributed by atoms with Gasteiger partial charge in [0.15, 0.2) is 0 Å².